The van der Waals surface area contributed by atoms with Gasteiger partial charge in [-0.1, -0.05) is 6.07 Å². The quantitative estimate of drug-likeness (QED) is 0.683. The predicted molar refractivity (Wildman–Crippen MR) is 62.7 cm³/mol. The largest absolute Gasteiger partial charge is 0.468 e. The molecular formula is C11H14F3N3O3. The lowest BCUT2D eigenvalue weighted by Crippen LogP contribution is -2.42. The minimum atomic E-state index is -4.47. The van der Waals surface area contributed by atoms with Gasteiger partial charge < -0.3 is 20.9 Å². The highest BCUT2D eigenvalue weighted by Gasteiger charge is 2.29. The molecule has 0 saturated carbocycles. The molecule has 1 rings (SSSR count). The number of hydrogen-bond donors (Lipinski definition) is 3. The molecule has 6 nitrogen and oxygen atoms in total. The fourth-order valence-corrected chi connectivity index (χ4v) is 1.24. The molecule has 9 heteroatoms. The number of ether oxygens (including phenoxy) is 1. The van der Waals surface area contributed by atoms with Crippen LogP contribution in [0.25, 0.3) is 0 Å². The third-order valence-electron chi connectivity index (χ3n) is 2.21. The van der Waals surface area contributed by atoms with Gasteiger partial charge in [-0.05, 0) is 6.07 Å². The molecule has 4 N–H and O–H groups in total. The Morgan fingerprint density at radius 2 is 2.25 bits per heavy atom. The summed E-state index contributed by atoms with van der Waals surface area (Å²) in [5.41, 5.74) is 5.55. The molecule has 0 saturated heterocycles. The average Bonchev–Trinajstić information content (AvgIpc) is 2.41. The lowest BCUT2D eigenvalue weighted by Gasteiger charge is -2.13. The van der Waals surface area contributed by atoms with E-state index >= 15 is 0 Å². The van der Waals surface area contributed by atoms with Crippen LogP contribution in [-0.4, -0.2) is 41.4 Å². The van der Waals surface area contributed by atoms with E-state index in [0.29, 0.717) is 0 Å². The number of amides is 1. The smallest absolute Gasteiger partial charge is 0.422 e. The molecule has 1 aromatic heterocycles. The van der Waals surface area contributed by atoms with Crippen LogP contribution in [0.4, 0.5) is 13.2 Å². The van der Waals surface area contributed by atoms with Gasteiger partial charge in [0.1, 0.15) is 6.04 Å². The average molecular weight is 293 g/mol. The van der Waals surface area contributed by atoms with Crippen LogP contribution >= 0.6 is 0 Å². The lowest BCUT2D eigenvalue weighted by molar-refractivity contribution is -0.154. The Balaban J connectivity index is 2.64. The summed E-state index contributed by atoms with van der Waals surface area (Å²) in [5.74, 6) is -0.846. The molecule has 0 aromatic carbocycles. The standard InChI is InChI=1S/C11H14F3N3O3/c12-11(13,14)6-20-10-7(2-1-3-16-10)4-17-9(19)8(15)5-18/h1-3,8,18H,4-6,15H2,(H,17,19)/t8-/m1/s1. The van der Waals surface area contributed by atoms with Crippen LogP contribution in [0, 0.1) is 0 Å². The first-order valence-electron chi connectivity index (χ1n) is 5.61. The molecule has 0 spiro atoms. The molecule has 0 bridgehead atoms. The normalized spacial score (nSPS) is 12.8. The Kier molecular flexibility index (Phi) is 5.71. The summed E-state index contributed by atoms with van der Waals surface area (Å²) in [7, 11) is 0. The minimum absolute atomic E-state index is 0.104. The first kappa shape index (κ1) is 16.2. The van der Waals surface area contributed by atoms with Crippen LogP contribution in [0.1, 0.15) is 5.56 Å². The second-order valence-corrected chi connectivity index (χ2v) is 3.88. The number of aromatic nitrogens is 1. The summed E-state index contributed by atoms with van der Waals surface area (Å²) < 4.78 is 40.8. The van der Waals surface area contributed by atoms with Crippen LogP contribution in [0.2, 0.25) is 0 Å². The number of nitrogens with one attached hydrogen (secondary N) is 1. The lowest BCUT2D eigenvalue weighted by atomic mass is 10.2. The number of aliphatic hydroxyl groups excluding tert-OH is 1. The van der Waals surface area contributed by atoms with Crippen molar-refractivity contribution in [2.45, 2.75) is 18.8 Å². The van der Waals surface area contributed by atoms with Gasteiger partial charge in [-0.25, -0.2) is 4.98 Å². The van der Waals surface area contributed by atoms with Gasteiger partial charge in [-0.2, -0.15) is 13.2 Å². The van der Waals surface area contributed by atoms with E-state index < -0.39 is 31.3 Å². The third kappa shape index (κ3) is 5.41. The monoisotopic (exact) mass is 293 g/mol. The summed E-state index contributed by atoms with van der Waals surface area (Å²) in [6.45, 7) is -2.11. The summed E-state index contributed by atoms with van der Waals surface area (Å²) in [5, 5.41) is 11.0. The van der Waals surface area contributed by atoms with Gasteiger partial charge in [0.15, 0.2) is 6.61 Å². The van der Waals surface area contributed by atoms with Crippen molar-refractivity contribution in [3.05, 3.63) is 23.9 Å². The van der Waals surface area contributed by atoms with Crippen molar-refractivity contribution in [2.75, 3.05) is 13.2 Å². The highest BCUT2D eigenvalue weighted by molar-refractivity contribution is 5.81. The van der Waals surface area contributed by atoms with Gasteiger partial charge in [-0.3, -0.25) is 4.79 Å². The Labute approximate surface area is 112 Å². The van der Waals surface area contributed by atoms with Crippen molar-refractivity contribution < 1.29 is 27.8 Å². The number of pyridine rings is 1. The molecular weight excluding hydrogens is 279 g/mol. The molecule has 0 fully saturated rings. The van der Waals surface area contributed by atoms with Gasteiger partial charge in [0.25, 0.3) is 0 Å². The summed E-state index contributed by atoms with van der Waals surface area (Å²) in [6.07, 6.45) is -3.20. The number of halogens is 3. The van der Waals surface area contributed by atoms with Crippen LogP contribution in [0.15, 0.2) is 18.3 Å². The van der Waals surface area contributed by atoms with Crippen molar-refractivity contribution >= 4 is 5.91 Å². The third-order valence-corrected chi connectivity index (χ3v) is 2.21. The number of alkyl halides is 3. The van der Waals surface area contributed by atoms with Gasteiger partial charge in [-0.15, -0.1) is 0 Å². The van der Waals surface area contributed by atoms with Crippen molar-refractivity contribution in [3.8, 4) is 5.88 Å². The molecule has 1 heterocycles. The maximum atomic E-state index is 12.1. The van der Waals surface area contributed by atoms with E-state index in [9.17, 15) is 18.0 Å². The number of carbonyl (C=O) groups excluding carboxylic acids is 1. The fourth-order valence-electron chi connectivity index (χ4n) is 1.24. The first-order valence-corrected chi connectivity index (χ1v) is 5.61. The highest BCUT2D eigenvalue weighted by Crippen LogP contribution is 2.19. The van der Waals surface area contributed by atoms with Crippen molar-refractivity contribution in [1.82, 2.24) is 10.3 Å². The van der Waals surface area contributed by atoms with Gasteiger partial charge in [0.2, 0.25) is 11.8 Å². The molecule has 112 valence electrons. The second-order valence-electron chi connectivity index (χ2n) is 3.88. The number of rotatable bonds is 6. The molecule has 1 aromatic rings. The molecule has 20 heavy (non-hydrogen) atoms. The van der Waals surface area contributed by atoms with Crippen molar-refractivity contribution in [2.24, 2.45) is 5.73 Å². The van der Waals surface area contributed by atoms with Crippen molar-refractivity contribution in [1.29, 1.82) is 0 Å². The van der Waals surface area contributed by atoms with Crippen LogP contribution < -0.4 is 15.8 Å². The summed E-state index contributed by atoms with van der Waals surface area (Å²) >= 11 is 0. The molecule has 1 amide bonds. The molecule has 0 aliphatic carbocycles. The molecule has 0 unspecified atom stereocenters. The maximum absolute atomic E-state index is 12.1. The minimum Gasteiger partial charge on any atom is -0.468 e. The van der Waals surface area contributed by atoms with Gasteiger partial charge >= 0.3 is 6.18 Å². The van der Waals surface area contributed by atoms with E-state index in [2.05, 4.69) is 15.0 Å². The second kappa shape index (κ2) is 7.06. The van der Waals surface area contributed by atoms with E-state index in [1.165, 1.54) is 18.3 Å². The number of aliphatic hydroxyl groups is 1. The van der Waals surface area contributed by atoms with Gasteiger partial charge in [0, 0.05) is 18.3 Å². The Hall–Kier alpha value is -1.87. The zero-order valence-electron chi connectivity index (χ0n) is 10.4. The Morgan fingerprint density at radius 3 is 2.85 bits per heavy atom. The van der Waals surface area contributed by atoms with Gasteiger partial charge in [0.05, 0.1) is 6.61 Å². The van der Waals surface area contributed by atoms with Crippen LogP contribution in [-0.2, 0) is 11.3 Å². The van der Waals surface area contributed by atoms with Crippen LogP contribution in [0.3, 0.4) is 0 Å². The number of hydrogen-bond acceptors (Lipinski definition) is 5. The zero-order valence-corrected chi connectivity index (χ0v) is 10.4. The topological polar surface area (TPSA) is 97.5 Å². The van der Waals surface area contributed by atoms with E-state index in [0.717, 1.165) is 0 Å². The number of nitrogens with two attached hydrogens (primary N) is 1. The zero-order chi connectivity index (χ0) is 15.2. The molecule has 0 radical (unpaired) electrons. The SMILES string of the molecule is N[C@H](CO)C(=O)NCc1cccnc1OCC(F)(F)F. The Bertz CT molecular complexity index is 454. The van der Waals surface area contributed by atoms with E-state index in [1.807, 2.05) is 0 Å². The molecule has 0 aliphatic rings. The summed E-state index contributed by atoms with van der Waals surface area (Å²) in [6, 6.07) is 1.86. The Morgan fingerprint density at radius 1 is 1.55 bits per heavy atom. The van der Waals surface area contributed by atoms with E-state index in [1.54, 1.807) is 0 Å². The maximum Gasteiger partial charge on any atom is 0.422 e. The van der Waals surface area contributed by atoms with Crippen molar-refractivity contribution in [3.63, 3.8) is 0 Å². The highest BCUT2D eigenvalue weighted by atomic mass is 19.4. The van der Waals surface area contributed by atoms with Crippen LogP contribution in [0.5, 0.6) is 5.88 Å². The fraction of sp³-hybridized carbons (Fsp3) is 0.455. The molecule has 1 atom stereocenters. The molecule has 0 aliphatic heterocycles. The van der Waals surface area contributed by atoms with E-state index in [4.69, 9.17) is 10.8 Å². The first-order chi connectivity index (χ1) is 9.33. The van der Waals surface area contributed by atoms with E-state index in [-0.39, 0.29) is 18.0 Å². The number of carbonyl (C=O) groups is 1. The summed E-state index contributed by atoms with van der Waals surface area (Å²) in [4.78, 5) is 15.0. The number of nitrogens with zero attached hydrogens (tertiary/aromatic N) is 1. The predicted octanol–water partition coefficient (Wildman–Crippen LogP) is -0.0415.